The van der Waals surface area contributed by atoms with Crippen LogP contribution in [0.4, 0.5) is 0 Å². The predicted octanol–water partition coefficient (Wildman–Crippen LogP) is 3.54. The second-order valence-electron chi connectivity index (χ2n) is 5.89. The predicted molar refractivity (Wildman–Crippen MR) is 69.2 cm³/mol. The van der Waals surface area contributed by atoms with Crippen LogP contribution in [0.5, 0.6) is 0 Å². The van der Waals surface area contributed by atoms with Crippen LogP contribution >= 0.6 is 11.8 Å². The number of hydrogen-bond donors (Lipinski definition) is 1. The molecule has 0 rings (SSSR count). The first kappa shape index (κ1) is 14.3. The molecule has 0 bridgehead atoms. The van der Waals surface area contributed by atoms with Gasteiger partial charge in [-0.15, -0.1) is 0 Å². The molecule has 0 heterocycles. The largest absolute Gasteiger partial charge is 0.312 e. The fraction of sp³-hybridized carbons (Fsp3) is 1.00. The molecule has 0 radical (unpaired) electrons. The van der Waals surface area contributed by atoms with Crippen molar-refractivity contribution >= 4 is 11.8 Å². The maximum atomic E-state index is 3.64. The molecule has 2 heteroatoms. The second-order valence-corrected chi connectivity index (χ2v) is 6.88. The van der Waals surface area contributed by atoms with E-state index in [2.05, 4.69) is 46.2 Å². The van der Waals surface area contributed by atoms with E-state index in [9.17, 15) is 0 Å². The highest BCUT2D eigenvalue weighted by Crippen LogP contribution is 2.26. The highest BCUT2D eigenvalue weighted by Gasteiger charge is 2.24. The molecule has 14 heavy (non-hydrogen) atoms. The van der Waals surface area contributed by atoms with E-state index in [1.807, 2.05) is 11.8 Å². The molecule has 0 spiro atoms. The zero-order valence-corrected chi connectivity index (χ0v) is 11.6. The molecule has 0 fully saturated rings. The standard InChI is InChI=1S/C12H27NS/c1-11(2,3)10-12(4,5)13-8-7-9-14-6/h13H,7-10H2,1-6H3. The SMILES string of the molecule is CSCCCNC(C)(C)CC(C)(C)C. The van der Waals surface area contributed by atoms with Crippen LogP contribution < -0.4 is 5.32 Å². The fourth-order valence-electron chi connectivity index (χ4n) is 2.03. The molecule has 0 aromatic heterocycles. The van der Waals surface area contributed by atoms with Gasteiger partial charge in [-0.2, -0.15) is 11.8 Å². The quantitative estimate of drug-likeness (QED) is 0.683. The molecule has 0 aliphatic rings. The summed E-state index contributed by atoms with van der Waals surface area (Å²) in [6.45, 7) is 12.7. The molecule has 86 valence electrons. The average Bonchev–Trinajstić information content (AvgIpc) is 1.93. The zero-order chi connectivity index (χ0) is 11.2. The molecular weight excluding hydrogens is 190 g/mol. The molecule has 0 aliphatic carbocycles. The van der Waals surface area contributed by atoms with Gasteiger partial charge in [0.15, 0.2) is 0 Å². The van der Waals surface area contributed by atoms with Crippen molar-refractivity contribution in [3.8, 4) is 0 Å². The van der Waals surface area contributed by atoms with Gasteiger partial charge in [0.05, 0.1) is 0 Å². The van der Waals surface area contributed by atoms with Gasteiger partial charge in [-0.1, -0.05) is 20.8 Å². The van der Waals surface area contributed by atoms with E-state index in [-0.39, 0.29) is 5.54 Å². The number of nitrogens with one attached hydrogen (secondary N) is 1. The third-order valence-electron chi connectivity index (χ3n) is 2.10. The minimum absolute atomic E-state index is 0.274. The minimum atomic E-state index is 0.274. The van der Waals surface area contributed by atoms with Gasteiger partial charge >= 0.3 is 0 Å². The summed E-state index contributed by atoms with van der Waals surface area (Å²) in [5.41, 5.74) is 0.687. The third kappa shape index (κ3) is 8.89. The molecule has 0 amide bonds. The maximum absolute atomic E-state index is 3.64. The Labute approximate surface area is 94.4 Å². The number of thioether (sulfide) groups is 1. The van der Waals surface area contributed by atoms with Crippen molar-refractivity contribution in [2.75, 3.05) is 18.6 Å². The van der Waals surface area contributed by atoms with Crippen LogP contribution in [-0.2, 0) is 0 Å². The van der Waals surface area contributed by atoms with Gasteiger partial charge in [-0.3, -0.25) is 0 Å². The summed E-state index contributed by atoms with van der Waals surface area (Å²) >= 11 is 1.93. The molecule has 0 aromatic carbocycles. The van der Waals surface area contributed by atoms with Crippen molar-refractivity contribution in [1.29, 1.82) is 0 Å². The van der Waals surface area contributed by atoms with Crippen LogP contribution in [0.25, 0.3) is 0 Å². The van der Waals surface area contributed by atoms with Crippen molar-refractivity contribution in [2.45, 2.75) is 53.0 Å². The molecular formula is C12H27NS. The Morgan fingerprint density at radius 1 is 1.07 bits per heavy atom. The van der Waals surface area contributed by atoms with E-state index >= 15 is 0 Å². The van der Waals surface area contributed by atoms with Crippen LogP contribution in [0.15, 0.2) is 0 Å². The minimum Gasteiger partial charge on any atom is -0.312 e. The molecule has 1 N–H and O–H groups in total. The van der Waals surface area contributed by atoms with Gasteiger partial charge in [-0.05, 0) is 50.7 Å². The van der Waals surface area contributed by atoms with Gasteiger partial charge in [0.1, 0.15) is 0 Å². The lowest BCUT2D eigenvalue weighted by Gasteiger charge is -2.33. The summed E-state index contributed by atoms with van der Waals surface area (Å²) in [6, 6.07) is 0. The molecule has 0 aromatic rings. The molecule has 0 aliphatic heterocycles. The highest BCUT2D eigenvalue weighted by molar-refractivity contribution is 7.98. The first-order valence-electron chi connectivity index (χ1n) is 5.51. The van der Waals surface area contributed by atoms with Gasteiger partial charge in [0.25, 0.3) is 0 Å². The Kier molecular flexibility index (Phi) is 6.15. The van der Waals surface area contributed by atoms with Crippen molar-refractivity contribution in [3.63, 3.8) is 0 Å². The fourth-order valence-corrected chi connectivity index (χ4v) is 2.46. The van der Waals surface area contributed by atoms with Crippen LogP contribution in [0.1, 0.15) is 47.5 Å². The van der Waals surface area contributed by atoms with E-state index in [0.29, 0.717) is 5.41 Å². The van der Waals surface area contributed by atoms with E-state index in [4.69, 9.17) is 0 Å². The zero-order valence-electron chi connectivity index (χ0n) is 10.7. The molecule has 0 atom stereocenters. The lowest BCUT2D eigenvalue weighted by Crippen LogP contribution is -2.42. The van der Waals surface area contributed by atoms with E-state index in [0.717, 1.165) is 6.54 Å². The van der Waals surface area contributed by atoms with Crippen molar-refractivity contribution in [1.82, 2.24) is 5.32 Å². The van der Waals surface area contributed by atoms with Gasteiger partial charge in [-0.25, -0.2) is 0 Å². The topological polar surface area (TPSA) is 12.0 Å². The molecule has 0 saturated carbocycles. The van der Waals surface area contributed by atoms with E-state index in [1.165, 1.54) is 18.6 Å². The second kappa shape index (κ2) is 6.02. The lowest BCUT2D eigenvalue weighted by atomic mass is 9.82. The first-order valence-corrected chi connectivity index (χ1v) is 6.90. The lowest BCUT2D eigenvalue weighted by molar-refractivity contribution is 0.243. The van der Waals surface area contributed by atoms with Gasteiger partial charge < -0.3 is 5.32 Å². The highest BCUT2D eigenvalue weighted by atomic mass is 32.2. The van der Waals surface area contributed by atoms with Gasteiger partial charge in [0, 0.05) is 5.54 Å². The summed E-state index contributed by atoms with van der Waals surface area (Å²) in [5.74, 6) is 1.26. The maximum Gasteiger partial charge on any atom is 0.0130 e. The van der Waals surface area contributed by atoms with E-state index in [1.54, 1.807) is 0 Å². The molecule has 0 unspecified atom stereocenters. The Bertz CT molecular complexity index is 147. The summed E-state index contributed by atoms with van der Waals surface area (Å²) in [4.78, 5) is 0. The Morgan fingerprint density at radius 2 is 1.64 bits per heavy atom. The smallest absolute Gasteiger partial charge is 0.0130 e. The normalized spacial score (nSPS) is 13.3. The summed E-state index contributed by atoms with van der Waals surface area (Å²) in [5, 5.41) is 3.64. The van der Waals surface area contributed by atoms with Crippen LogP contribution in [0, 0.1) is 5.41 Å². The third-order valence-corrected chi connectivity index (χ3v) is 2.80. The van der Waals surface area contributed by atoms with Crippen molar-refractivity contribution in [3.05, 3.63) is 0 Å². The van der Waals surface area contributed by atoms with Crippen molar-refractivity contribution in [2.24, 2.45) is 5.41 Å². The number of hydrogen-bond acceptors (Lipinski definition) is 2. The van der Waals surface area contributed by atoms with Crippen LogP contribution in [-0.4, -0.2) is 24.1 Å². The Balaban J connectivity index is 3.72. The summed E-state index contributed by atoms with van der Waals surface area (Å²) in [7, 11) is 0. The Morgan fingerprint density at radius 3 is 2.07 bits per heavy atom. The summed E-state index contributed by atoms with van der Waals surface area (Å²) < 4.78 is 0. The monoisotopic (exact) mass is 217 g/mol. The summed E-state index contributed by atoms with van der Waals surface area (Å²) in [6.07, 6.45) is 4.66. The van der Waals surface area contributed by atoms with Gasteiger partial charge in [0.2, 0.25) is 0 Å². The molecule has 1 nitrogen and oxygen atoms in total. The van der Waals surface area contributed by atoms with E-state index < -0.39 is 0 Å². The van der Waals surface area contributed by atoms with Crippen LogP contribution in [0.2, 0.25) is 0 Å². The first-order chi connectivity index (χ1) is 6.27. The Hall–Kier alpha value is 0.310. The van der Waals surface area contributed by atoms with Crippen molar-refractivity contribution < 1.29 is 0 Å². The average molecular weight is 217 g/mol. The number of rotatable bonds is 6. The van der Waals surface area contributed by atoms with Crippen LogP contribution in [0.3, 0.4) is 0 Å². The molecule has 0 saturated heterocycles.